The fourth-order valence-corrected chi connectivity index (χ4v) is 4.19. The molecule has 2 saturated heterocycles. The predicted octanol–water partition coefficient (Wildman–Crippen LogP) is 3.31. The van der Waals surface area contributed by atoms with E-state index in [1.807, 2.05) is 58.3 Å². The van der Waals surface area contributed by atoms with Gasteiger partial charge in [0.25, 0.3) is 0 Å². The molecule has 33 heavy (non-hydrogen) atoms. The van der Waals surface area contributed by atoms with Gasteiger partial charge in [-0.3, -0.25) is 9.79 Å². The Morgan fingerprint density at radius 1 is 0.939 bits per heavy atom. The molecule has 2 aliphatic heterocycles. The summed E-state index contributed by atoms with van der Waals surface area (Å²) in [6.45, 7) is 3.67. The number of aliphatic imine (C=N–C) groups is 1. The van der Waals surface area contributed by atoms with Crippen LogP contribution in [0.1, 0.15) is 36.8 Å². The molecule has 2 aliphatic rings. The number of hydrogen-bond donors (Lipinski definition) is 3. The third-order valence-electron chi connectivity index (χ3n) is 6.04. The number of rotatable bonds is 6. The Balaban J connectivity index is 1.25. The summed E-state index contributed by atoms with van der Waals surface area (Å²) in [6.07, 6.45) is 3.72. The molecule has 0 aliphatic carbocycles. The number of benzene rings is 2. The van der Waals surface area contributed by atoms with Crippen molar-refractivity contribution in [1.82, 2.24) is 15.5 Å². The first-order chi connectivity index (χ1) is 16.1. The fourth-order valence-electron chi connectivity index (χ4n) is 4.19. The quantitative estimate of drug-likeness (QED) is 0.467. The molecule has 3 N–H and O–H groups in total. The number of guanidine groups is 1. The molecule has 0 bridgehead atoms. The van der Waals surface area contributed by atoms with Gasteiger partial charge in [-0.05, 0) is 54.7 Å². The van der Waals surface area contributed by atoms with Gasteiger partial charge < -0.3 is 25.8 Å². The van der Waals surface area contributed by atoms with Crippen LogP contribution in [-0.4, -0.2) is 49.5 Å². The summed E-state index contributed by atoms with van der Waals surface area (Å²) in [5, 5.41) is 9.62. The lowest BCUT2D eigenvalue weighted by Crippen LogP contribution is -2.36. The van der Waals surface area contributed by atoms with E-state index < -0.39 is 0 Å². The van der Waals surface area contributed by atoms with Crippen LogP contribution in [0, 0.1) is 0 Å². The highest BCUT2D eigenvalue weighted by Crippen LogP contribution is 2.21. The van der Waals surface area contributed by atoms with Crippen molar-refractivity contribution in [3.8, 4) is 0 Å². The van der Waals surface area contributed by atoms with Gasteiger partial charge in [0, 0.05) is 57.6 Å². The maximum Gasteiger partial charge on any atom is 0.321 e. The van der Waals surface area contributed by atoms with Crippen LogP contribution in [0.5, 0.6) is 0 Å². The van der Waals surface area contributed by atoms with Crippen molar-refractivity contribution in [1.29, 1.82) is 0 Å². The monoisotopic (exact) mass is 448 g/mol. The van der Waals surface area contributed by atoms with Crippen molar-refractivity contribution < 1.29 is 9.59 Å². The van der Waals surface area contributed by atoms with Crippen LogP contribution < -0.4 is 20.9 Å². The Labute approximate surface area is 195 Å². The number of nitrogens with zero attached hydrogens (tertiary/aromatic N) is 3. The second-order valence-corrected chi connectivity index (χ2v) is 8.42. The second-order valence-electron chi connectivity index (χ2n) is 8.42. The van der Waals surface area contributed by atoms with E-state index in [4.69, 9.17) is 0 Å². The number of likely N-dealkylation sites (tertiary alicyclic amines) is 1. The van der Waals surface area contributed by atoms with E-state index in [-0.39, 0.29) is 11.9 Å². The maximum atomic E-state index is 12.3. The molecular formula is C25H32N6O2. The molecule has 4 rings (SSSR count). The van der Waals surface area contributed by atoms with Crippen molar-refractivity contribution >= 4 is 29.3 Å². The summed E-state index contributed by atoms with van der Waals surface area (Å²) >= 11 is 0. The average Bonchev–Trinajstić information content (AvgIpc) is 3.52. The van der Waals surface area contributed by atoms with Gasteiger partial charge in [-0.15, -0.1) is 0 Å². The van der Waals surface area contributed by atoms with Gasteiger partial charge >= 0.3 is 6.03 Å². The lowest BCUT2D eigenvalue weighted by atomic mass is 10.2. The molecule has 0 atom stereocenters. The summed E-state index contributed by atoms with van der Waals surface area (Å²) in [5.41, 5.74) is 3.92. The van der Waals surface area contributed by atoms with Crippen LogP contribution in [-0.2, 0) is 17.9 Å². The van der Waals surface area contributed by atoms with Gasteiger partial charge in [0.1, 0.15) is 0 Å². The van der Waals surface area contributed by atoms with Gasteiger partial charge in [-0.1, -0.05) is 24.3 Å². The number of amides is 3. The Bertz CT molecular complexity index is 998. The zero-order valence-electron chi connectivity index (χ0n) is 19.1. The van der Waals surface area contributed by atoms with Crippen LogP contribution in [0.15, 0.2) is 53.5 Å². The van der Waals surface area contributed by atoms with Crippen molar-refractivity contribution in [2.75, 3.05) is 36.9 Å². The lowest BCUT2D eigenvalue weighted by molar-refractivity contribution is -0.117. The molecule has 0 radical (unpaired) electrons. The van der Waals surface area contributed by atoms with E-state index in [0.717, 1.165) is 61.4 Å². The van der Waals surface area contributed by atoms with Gasteiger partial charge in [-0.2, -0.15) is 0 Å². The lowest BCUT2D eigenvalue weighted by Gasteiger charge is -2.17. The second kappa shape index (κ2) is 10.8. The number of urea groups is 1. The molecule has 0 spiro atoms. The van der Waals surface area contributed by atoms with Crippen LogP contribution in [0.25, 0.3) is 0 Å². The van der Waals surface area contributed by atoms with Crippen LogP contribution >= 0.6 is 0 Å². The molecule has 2 aromatic carbocycles. The predicted molar refractivity (Wildman–Crippen MR) is 131 cm³/mol. The van der Waals surface area contributed by atoms with E-state index in [0.29, 0.717) is 25.5 Å². The molecule has 2 heterocycles. The Morgan fingerprint density at radius 2 is 1.67 bits per heavy atom. The van der Waals surface area contributed by atoms with Crippen molar-refractivity contribution in [2.45, 2.75) is 38.8 Å². The van der Waals surface area contributed by atoms with Crippen LogP contribution in [0.2, 0.25) is 0 Å². The molecule has 8 heteroatoms. The van der Waals surface area contributed by atoms with Gasteiger partial charge in [0.2, 0.25) is 5.91 Å². The SMILES string of the molecule is CN=C(NCc1ccc(N2CCCC2=O)cc1)NCc1cccc(NC(=O)N2CCCC2)c1. The first-order valence-corrected chi connectivity index (χ1v) is 11.6. The summed E-state index contributed by atoms with van der Waals surface area (Å²) in [7, 11) is 1.74. The average molecular weight is 449 g/mol. The topological polar surface area (TPSA) is 89.1 Å². The standard InChI is InChI=1S/C25H32N6O2/c1-26-24(27-17-19-9-11-22(12-10-19)31-15-5-8-23(31)32)28-18-20-6-4-7-21(16-20)29-25(33)30-13-2-3-14-30/h4,6-7,9-12,16H,2-3,5,8,13-15,17-18H2,1H3,(H,29,33)(H2,26,27,28). The third-order valence-corrected chi connectivity index (χ3v) is 6.04. The van der Waals surface area contributed by atoms with Crippen LogP contribution in [0.3, 0.4) is 0 Å². The maximum absolute atomic E-state index is 12.3. The molecule has 2 aromatic rings. The highest BCUT2D eigenvalue weighted by molar-refractivity contribution is 5.95. The zero-order chi connectivity index (χ0) is 23.0. The van der Waals surface area contributed by atoms with E-state index in [1.165, 1.54) is 0 Å². The molecule has 0 aromatic heterocycles. The summed E-state index contributed by atoms with van der Waals surface area (Å²) in [5.74, 6) is 0.894. The van der Waals surface area contributed by atoms with Gasteiger partial charge in [0.15, 0.2) is 5.96 Å². The van der Waals surface area contributed by atoms with E-state index in [2.05, 4.69) is 20.9 Å². The fraction of sp³-hybridized carbons (Fsp3) is 0.400. The molecule has 3 amide bonds. The van der Waals surface area contributed by atoms with Crippen molar-refractivity contribution in [2.24, 2.45) is 4.99 Å². The number of nitrogens with one attached hydrogen (secondary N) is 3. The van der Waals surface area contributed by atoms with E-state index >= 15 is 0 Å². The third kappa shape index (κ3) is 6.03. The Kier molecular flexibility index (Phi) is 7.44. The minimum Gasteiger partial charge on any atom is -0.352 e. The van der Waals surface area contributed by atoms with Crippen molar-refractivity contribution in [3.05, 3.63) is 59.7 Å². The zero-order valence-corrected chi connectivity index (χ0v) is 19.1. The normalized spacial score (nSPS) is 16.3. The first kappa shape index (κ1) is 22.6. The molecule has 174 valence electrons. The number of carbonyl (C=O) groups excluding carboxylic acids is 2. The van der Waals surface area contributed by atoms with E-state index in [1.54, 1.807) is 7.05 Å². The van der Waals surface area contributed by atoms with Gasteiger partial charge in [0.05, 0.1) is 0 Å². The summed E-state index contributed by atoms with van der Waals surface area (Å²) in [6, 6.07) is 15.9. The Morgan fingerprint density at radius 3 is 2.33 bits per heavy atom. The molecule has 0 saturated carbocycles. The molecular weight excluding hydrogens is 416 g/mol. The highest BCUT2D eigenvalue weighted by Gasteiger charge is 2.21. The number of anilines is 2. The molecule has 2 fully saturated rings. The highest BCUT2D eigenvalue weighted by atomic mass is 16.2. The number of carbonyl (C=O) groups is 2. The van der Waals surface area contributed by atoms with E-state index in [9.17, 15) is 9.59 Å². The Hall–Kier alpha value is -3.55. The number of hydrogen-bond acceptors (Lipinski definition) is 3. The summed E-state index contributed by atoms with van der Waals surface area (Å²) < 4.78 is 0. The van der Waals surface area contributed by atoms with Crippen molar-refractivity contribution in [3.63, 3.8) is 0 Å². The summed E-state index contributed by atoms with van der Waals surface area (Å²) in [4.78, 5) is 32.2. The minimum absolute atomic E-state index is 0.0322. The van der Waals surface area contributed by atoms with Crippen LogP contribution in [0.4, 0.5) is 16.2 Å². The minimum atomic E-state index is -0.0322. The molecule has 0 unspecified atom stereocenters. The smallest absolute Gasteiger partial charge is 0.321 e. The first-order valence-electron chi connectivity index (χ1n) is 11.6. The van der Waals surface area contributed by atoms with Gasteiger partial charge in [-0.25, -0.2) is 4.79 Å². The largest absolute Gasteiger partial charge is 0.352 e. The molecule has 8 nitrogen and oxygen atoms in total.